The average molecular weight is 1010 g/mol. The molecule has 0 bridgehead atoms. The molecule has 9 aromatic carbocycles. The molecule has 72 heavy (non-hydrogen) atoms. The molecule has 4 aromatic heterocycles. The quantitative estimate of drug-likeness (QED) is 0.136. The lowest BCUT2D eigenvalue weighted by atomic mass is 9.92. The molecule has 0 saturated carbocycles. The van der Waals surface area contributed by atoms with Crippen LogP contribution in [0, 0.1) is 0 Å². The van der Waals surface area contributed by atoms with Crippen LogP contribution in [-0.4, -0.2) is 17.5 Å². The second kappa shape index (κ2) is 21.5. The molecule has 0 saturated heterocycles. The topological polar surface area (TPSA) is 58.0 Å². The van der Waals surface area contributed by atoms with Crippen LogP contribution in [0.1, 0.15) is 14.9 Å². The van der Waals surface area contributed by atoms with E-state index < -0.39 is 0 Å². The smallest absolute Gasteiger partial charge is 0.114 e. The zero-order valence-electron chi connectivity index (χ0n) is 37.4. The molecule has 13 rings (SSSR count). The van der Waals surface area contributed by atoms with Crippen molar-refractivity contribution in [3.05, 3.63) is 241 Å². The Balaban J connectivity index is 0.000000162. The van der Waals surface area contributed by atoms with Gasteiger partial charge in [-0.15, -0.1) is 22.7 Å². The monoisotopic (exact) mass is 1000 g/mol. The summed E-state index contributed by atoms with van der Waals surface area (Å²) >= 11 is 6.03. The van der Waals surface area contributed by atoms with Gasteiger partial charge >= 0.3 is 0 Å². The third kappa shape index (κ3) is 9.20. The minimum absolute atomic E-state index is 0. The van der Waals surface area contributed by atoms with Gasteiger partial charge in [-0.05, 0) is 118 Å². The molecule has 0 aliphatic carbocycles. The average Bonchev–Trinajstić information content (AvgIpc) is 4.30. The fraction of sp³-hybridized carbons (Fsp3) is 0.0323. The number of rotatable bonds is 10. The van der Waals surface area contributed by atoms with E-state index in [0.29, 0.717) is 0 Å². The van der Waals surface area contributed by atoms with Crippen LogP contribution < -0.4 is 9.80 Å². The van der Waals surface area contributed by atoms with Gasteiger partial charge in [-0.25, -0.2) is 0 Å². The van der Waals surface area contributed by atoms with Gasteiger partial charge in [0.05, 0.1) is 23.5 Å². The first-order valence-electron chi connectivity index (χ1n) is 22.8. The number of hydrogen-bond donors (Lipinski definition) is 0. The third-order valence-corrected chi connectivity index (χ3v) is 15.2. The zero-order chi connectivity index (χ0) is 46.6. The fourth-order valence-corrected chi connectivity index (χ4v) is 11.8. The molecule has 10 heteroatoms. The first kappa shape index (κ1) is 47.6. The van der Waals surface area contributed by atoms with Crippen molar-refractivity contribution >= 4 is 113 Å². The molecule has 0 spiro atoms. The Bertz CT molecular complexity index is 3730. The van der Waals surface area contributed by atoms with Gasteiger partial charge in [-0.1, -0.05) is 160 Å². The number of aromatic nitrogens is 4. The molecular weight excluding hydrogens is 957 g/mol. The minimum atomic E-state index is 0. The van der Waals surface area contributed by atoms with Crippen LogP contribution in [0.3, 0.4) is 0 Å². The van der Waals surface area contributed by atoms with Crippen molar-refractivity contribution in [1.82, 2.24) is 17.5 Å². The lowest BCUT2D eigenvalue weighted by molar-refractivity contribution is 1.28. The van der Waals surface area contributed by atoms with Gasteiger partial charge < -0.3 is 9.80 Å². The second-order valence-corrected chi connectivity index (χ2v) is 19.4. The number of anilines is 6. The maximum Gasteiger partial charge on any atom is 0.114 e. The fourth-order valence-electron chi connectivity index (χ4n) is 9.15. The van der Waals surface area contributed by atoms with Crippen LogP contribution in [-0.2, 0) is 0 Å². The van der Waals surface area contributed by atoms with Gasteiger partial charge in [-0.3, -0.25) is 0 Å². The Morgan fingerprint density at radius 3 is 1.10 bits per heavy atom. The number of fused-ring (bicyclic) bond motifs is 3. The maximum absolute atomic E-state index is 4.79. The number of hydrogen-bond acceptors (Lipinski definition) is 10. The number of nitrogens with zero attached hydrogens (tertiary/aromatic N) is 6. The van der Waals surface area contributed by atoms with E-state index >= 15 is 0 Å². The molecule has 0 atom stereocenters. The van der Waals surface area contributed by atoms with Crippen LogP contribution >= 0.6 is 46.1 Å². The van der Waals surface area contributed by atoms with Crippen molar-refractivity contribution in [2.75, 3.05) is 9.80 Å². The van der Waals surface area contributed by atoms with Gasteiger partial charge in [0.2, 0.25) is 0 Å². The number of para-hydroxylation sites is 4. The minimum Gasteiger partial charge on any atom is -0.311 e. The zero-order valence-corrected chi connectivity index (χ0v) is 40.7. The van der Waals surface area contributed by atoms with Crippen molar-refractivity contribution in [3.8, 4) is 43.1 Å². The highest BCUT2D eigenvalue weighted by Gasteiger charge is 2.21. The van der Waals surface area contributed by atoms with Crippen LogP contribution in [0.25, 0.3) is 76.0 Å². The lowest BCUT2D eigenvalue weighted by Gasteiger charge is -2.25. The molecule has 0 aliphatic rings. The molecule has 0 radical (unpaired) electrons. The summed E-state index contributed by atoms with van der Waals surface area (Å²) in [5, 5.41) is 6.62. The van der Waals surface area contributed by atoms with Gasteiger partial charge in [0.1, 0.15) is 22.1 Å². The number of benzene rings is 9. The first-order chi connectivity index (χ1) is 34.8. The summed E-state index contributed by atoms with van der Waals surface area (Å²) in [4.78, 5) is 6.99. The van der Waals surface area contributed by atoms with Gasteiger partial charge in [0.15, 0.2) is 0 Å². The molecule has 0 fully saturated rings. The predicted octanol–water partition coefficient (Wildman–Crippen LogP) is 19.5. The van der Waals surface area contributed by atoms with Crippen LogP contribution in [0.5, 0.6) is 0 Å². The summed E-state index contributed by atoms with van der Waals surface area (Å²) in [7, 11) is 0. The first-order valence-corrected chi connectivity index (χ1v) is 26.0. The van der Waals surface area contributed by atoms with E-state index in [0.717, 1.165) is 84.0 Å². The van der Waals surface area contributed by atoms with Crippen molar-refractivity contribution in [2.45, 2.75) is 14.9 Å². The highest BCUT2D eigenvalue weighted by Crippen LogP contribution is 2.45. The highest BCUT2D eigenvalue weighted by molar-refractivity contribution is 7.14. The van der Waals surface area contributed by atoms with E-state index in [1.165, 1.54) is 49.5 Å². The lowest BCUT2D eigenvalue weighted by Crippen LogP contribution is -2.09. The Morgan fingerprint density at radius 1 is 0.278 bits per heavy atom. The molecule has 4 heterocycles. The van der Waals surface area contributed by atoms with E-state index in [1.807, 2.05) is 24.3 Å². The summed E-state index contributed by atoms with van der Waals surface area (Å²) in [5.74, 6) is 0. The van der Waals surface area contributed by atoms with Crippen LogP contribution in [0.2, 0.25) is 0 Å². The standard InChI is InChI=1S/C32H21N3S2.C28H19N3S2.2CH4/c1-3-10-23(11-4-1)35(24-12-5-2-6-13-24)25-19-17-22(18-20-25)29-26-14-7-8-15-27(26)30(28-16-9-21-36-28)32-31(29)33-37-34-32;1-3-8-21(9-4-1)31(22-10-5-2-6-11-22)23-15-13-20(14-16-23)24-17-18-25(26-12-7-19-32-26)28-27(24)29-33-30-28;;/h1-21H;1-19H;2*1H4. The van der Waals surface area contributed by atoms with E-state index in [-0.39, 0.29) is 14.9 Å². The Kier molecular flexibility index (Phi) is 14.2. The molecule has 0 N–H and O–H groups in total. The van der Waals surface area contributed by atoms with Crippen molar-refractivity contribution in [3.63, 3.8) is 0 Å². The summed E-state index contributed by atoms with van der Waals surface area (Å²) in [6.07, 6.45) is 0. The van der Waals surface area contributed by atoms with E-state index in [4.69, 9.17) is 8.75 Å². The highest BCUT2D eigenvalue weighted by atomic mass is 32.1. The van der Waals surface area contributed by atoms with E-state index in [1.54, 1.807) is 22.7 Å². The Labute approximate surface area is 436 Å². The van der Waals surface area contributed by atoms with Gasteiger partial charge in [0.25, 0.3) is 0 Å². The molecule has 6 nitrogen and oxygen atoms in total. The SMILES string of the molecule is C.C.c1ccc(N(c2ccccc2)c2ccc(-c3c4ccccc4c(-c4cccs4)c4nsnc34)cc2)cc1.c1ccc(N(c2ccccc2)c2ccc(-c3ccc(-c4cccs4)c4nsnc34)cc2)cc1. The normalized spacial score (nSPS) is 10.8. The summed E-state index contributed by atoms with van der Waals surface area (Å²) < 4.78 is 18.8. The van der Waals surface area contributed by atoms with Crippen molar-refractivity contribution in [2.24, 2.45) is 0 Å². The van der Waals surface area contributed by atoms with Crippen LogP contribution in [0.15, 0.2) is 241 Å². The summed E-state index contributed by atoms with van der Waals surface area (Å²) in [5.41, 5.74) is 17.4. The van der Waals surface area contributed by atoms with Crippen LogP contribution in [0.4, 0.5) is 34.1 Å². The molecular formula is C62H48N6S4. The predicted molar refractivity (Wildman–Crippen MR) is 313 cm³/mol. The van der Waals surface area contributed by atoms with Gasteiger partial charge in [-0.2, -0.15) is 17.5 Å². The molecule has 13 aromatic rings. The number of thiophene rings is 2. The molecule has 0 aliphatic heterocycles. The van der Waals surface area contributed by atoms with E-state index in [9.17, 15) is 0 Å². The largest absolute Gasteiger partial charge is 0.311 e. The van der Waals surface area contributed by atoms with Crippen molar-refractivity contribution in [1.29, 1.82) is 0 Å². The second-order valence-electron chi connectivity index (χ2n) is 16.4. The molecule has 0 amide bonds. The van der Waals surface area contributed by atoms with Gasteiger partial charge in [0, 0.05) is 66.1 Å². The molecule has 350 valence electrons. The van der Waals surface area contributed by atoms with Crippen molar-refractivity contribution < 1.29 is 0 Å². The third-order valence-electron chi connectivity index (χ3n) is 12.3. The molecule has 0 unspecified atom stereocenters. The Morgan fingerprint density at radius 2 is 0.639 bits per heavy atom. The van der Waals surface area contributed by atoms with E-state index in [2.05, 4.69) is 236 Å². The maximum atomic E-state index is 4.79. The Hall–Kier alpha value is -8.12. The summed E-state index contributed by atoms with van der Waals surface area (Å²) in [6.45, 7) is 0. The summed E-state index contributed by atoms with van der Waals surface area (Å²) in [6, 6.07) is 80.8.